The van der Waals surface area contributed by atoms with Crippen molar-refractivity contribution in [2.75, 3.05) is 0 Å². The van der Waals surface area contributed by atoms with Crippen LogP contribution >= 0.6 is 0 Å². The van der Waals surface area contributed by atoms with Gasteiger partial charge in [0.25, 0.3) is 0 Å². The monoisotopic (exact) mass is 243 g/mol. The lowest BCUT2D eigenvalue weighted by Crippen LogP contribution is -2.09. The fraction of sp³-hybridized carbons (Fsp3) is 0.438. The van der Waals surface area contributed by atoms with Crippen molar-refractivity contribution >= 4 is 10.9 Å². The number of rotatable bonds is 5. The molecule has 96 valence electrons. The number of aromatic nitrogens is 1. The summed E-state index contributed by atoms with van der Waals surface area (Å²) < 4.78 is 0. The molecule has 2 nitrogen and oxygen atoms in total. The number of aliphatic hydroxyl groups is 1. The van der Waals surface area contributed by atoms with Crippen LogP contribution in [0.2, 0.25) is 0 Å². The Balaban J connectivity index is 2.19. The Hall–Kier alpha value is -1.41. The van der Waals surface area contributed by atoms with Crippen LogP contribution in [0.25, 0.3) is 10.9 Å². The van der Waals surface area contributed by atoms with Gasteiger partial charge in [-0.2, -0.15) is 0 Å². The van der Waals surface area contributed by atoms with E-state index in [9.17, 15) is 5.11 Å². The second-order valence-corrected chi connectivity index (χ2v) is 5.02. The Morgan fingerprint density at radius 2 is 2.11 bits per heavy atom. The van der Waals surface area contributed by atoms with Crippen LogP contribution in [0.5, 0.6) is 0 Å². The Bertz CT molecular complexity index is 509. The van der Waals surface area contributed by atoms with Gasteiger partial charge in [-0.15, -0.1) is 0 Å². The van der Waals surface area contributed by atoms with E-state index in [2.05, 4.69) is 18.8 Å². The highest BCUT2D eigenvalue weighted by Gasteiger charge is 2.16. The van der Waals surface area contributed by atoms with E-state index >= 15 is 0 Å². The van der Waals surface area contributed by atoms with Crippen molar-refractivity contribution in [3.63, 3.8) is 0 Å². The molecule has 0 spiro atoms. The average molecular weight is 243 g/mol. The Morgan fingerprint density at radius 1 is 1.28 bits per heavy atom. The molecule has 2 aromatic rings. The molecule has 1 aromatic heterocycles. The first kappa shape index (κ1) is 13.0. The van der Waals surface area contributed by atoms with Gasteiger partial charge >= 0.3 is 0 Å². The highest BCUT2D eigenvalue weighted by molar-refractivity contribution is 5.78. The molecule has 0 bridgehead atoms. The third kappa shape index (κ3) is 2.88. The van der Waals surface area contributed by atoms with Crippen LogP contribution in [0.4, 0.5) is 0 Å². The van der Waals surface area contributed by atoms with Gasteiger partial charge in [-0.05, 0) is 30.0 Å². The third-order valence-corrected chi connectivity index (χ3v) is 3.52. The van der Waals surface area contributed by atoms with Crippen molar-refractivity contribution in [2.24, 2.45) is 5.92 Å². The van der Waals surface area contributed by atoms with Crippen molar-refractivity contribution in [3.05, 3.63) is 42.1 Å². The number of pyridine rings is 1. The summed E-state index contributed by atoms with van der Waals surface area (Å²) >= 11 is 0. The van der Waals surface area contributed by atoms with Crippen LogP contribution in [0.3, 0.4) is 0 Å². The van der Waals surface area contributed by atoms with E-state index in [1.54, 1.807) is 6.20 Å². The third-order valence-electron chi connectivity index (χ3n) is 3.52. The van der Waals surface area contributed by atoms with Gasteiger partial charge in [0, 0.05) is 11.6 Å². The summed E-state index contributed by atoms with van der Waals surface area (Å²) in [5.74, 6) is 0.297. The van der Waals surface area contributed by atoms with Gasteiger partial charge in [-0.25, -0.2) is 0 Å². The van der Waals surface area contributed by atoms with E-state index in [4.69, 9.17) is 0 Å². The molecule has 0 saturated carbocycles. The number of unbranched alkanes of at least 4 members (excludes halogenated alkanes) is 1. The van der Waals surface area contributed by atoms with Crippen molar-refractivity contribution in [1.29, 1.82) is 0 Å². The minimum atomic E-state index is -0.386. The van der Waals surface area contributed by atoms with E-state index in [-0.39, 0.29) is 6.10 Å². The number of hydrogen-bond acceptors (Lipinski definition) is 2. The molecule has 0 aliphatic rings. The largest absolute Gasteiger partial charge is 0.388 e. The minimum absolute atomic E-state index is 0.297. The molecule has 0 aliphatic carbocycles. The molecule has 2 rings (SSSR count). The second kappa shape index (κ2) is 5.96. The van der Waals surface area contributed by atoms with Gasteiger partial charge in [0.15, 0.2) is 0 Å². The first-order valence-electron chi connectivity index (χ1n) is 6.75. The van der Waals surface area contributed by atoms with Gasteiger partial charge in [0.05, 0.1) is 11.6 Å². The SMILES string of the molecule is CCCCC(C)C(O)c1ccc2cccnc2c1. The summed E-state index contributed by atoms with van der Waals surface area (Å²) in [6.07, 6.45) is 4.82. The van der Waals surface area contributed by atoms with Crippen molar-refractivity contribution < 1.29 is 5.11 Å². The number of nitrogens with zero attached hydrogens (tertiary/aromatic N) is 1. The lowest BCUT2D eigenvalue weighted by molar-refractivity contribution is 0.111. The summed E-state index contributed by atoms with van der Waals surface area (Å²) in [5.41, 5.74) is 1.93. The smallest absolute Gasteiger partial charge is 0.0816 e. The fourth-order valence-electron chi connectivity index (χ4n) is 2.28. The molecule has 2 unspecified atom stereocenters. The first-order valence-corrected chi connectivity index (χ1v) is 6.75. The Kier molecular flexibility index (Phi) is 4.32. The average Bonchev–Trinajstić information content (AvgIpc) is 2.43. The summed E-state index contributed by atoms with van der Waals surface area (Å²) in [6, 6.07) is 10.0. The molecule has 1 aromatic carbocycles. The van der Waals surface area contributed by atoms with Crippen LogP contribution in [0, 0.1) is 5.92 Å². The predicted molar refractivity (Wildman–Crippen MR) is 75.4 cm³/mol. The van der Waals surface area contributed by atoms with Gasteiger partial charge in [-0.3, -0.25) is 4.98 Å². The Labute approximate surface area is 109 Å². The highest BCUT2D eigenvalue weighted by atomic mass is 16.3. The number of aliphatic hydroxyl groups excluding tert-OH is 1. The van der Waals surface area contributed by atoms with Gasteiger partial charge in [-0.1, -0.05) is 44.9 Å². The lowest BCUT2D eigenvalue weighted by Gasteiger charge is -2.19. The van der Waals surface area contributed by atoms with Gasteiger partial charge < -0.3 is 5.11 Å². The molecule has 0 radical (unpaired) electrons. The van der Waals surface area contributed by atoms with Crippen molar-refractivity contribution in [3.8, 4) is 0 Å². The number of benzene rings is 1. The molecular formula is C16H21NO. The van der Waals surface area contributed by atoms with E-state index in [1.165, 1.54) is 12.8 Å². The maximum Gasteiger partial charge on any atom is 0.0816 e. The normalized spacial score (nSPS) is 14.6. The quantitative estimate of drug-likeness (QED) is 0.857. The minimum Gasteiger partial charge on any atom is -0.388 e. The molecule has 18 heavy (non-hydrogen) atoms. The number of hydrogen-bond donors (Lipinski definition) is 1. The predicted octanol–water partition coefficient (Wildman–Crippen LogP) is 4.09. The van der Waals surface area contributed by atoms with Gasteiger partial charge in [0.2, 0.25) is 0 Å². The maximum atomic E-state index is 10.3. The molecule has 1 N–H and O–H groups in total. The maximum absolute atomic E-state index is 10.3. The molecule has 1 heterocycles. The van der Waals surface area contributed by atoms with E-state index < -0.39 is 0 Å². The van der Waals surface area contributed by atoms with Crippen LogP contribution in [0.15, 0.2) is 36.5 Å². The Morgan fingerprint density at radius 3 is 2.89 bits per heavy atom. The zero-order valence-electron chi connectivity index (χ0n) is 11.1. The van der Waals surface area contributed by atoms with Crippen LogP contribution < -0.4 is 0 Å². The van der Waals surface area contributed by atoms with E-state index in [1.807, 2.05) is 30.3 Å². The first-order chi connectivity index (χ1) is 8.72. The van der Waals surface area contributed by atoms with Crippen LogP contribution in [0.1, 0.15) is 44.8 Å². The van der Waals surface area contributed by atoms with E-state index in [0.717, 1.165) is 22.9 Å². The highest BCUT2D eigenvalue weighted by Crippen LogP contribution is 2.27. The van der Waals surface area contributed by atoms with Crippen LogP contribution in [-0.4, -0.2) is 10.1 Å². The molecule has 0 aliphatic heterocycles. The van der Waals surface area contributed by atoms with Gasteiger partial charge in [0.1, 0.15) is 0 Å². The second-order valence-electron chi connectivity index (χ2n) is 5.02. The molecular weight excluding hydrogens is 222 g/mol. The summed E-state index contributed by atoms with van der Waals surface area (Å²) in [5, 5.41) is 11.5. The summed E-state index contributed by atoms with van der Waals surface area (Å²) in [7, 11) is 0. The lowest BCUT2D eigenvalue weighted by atomic mass is 9.92. The molecule has 0 amide bonds. The topological polar surface area (TPSA) is 33.1 Å². The molecule has 0 fully saturated rings. The van der Waals surface area contributed by atoms with Crippen LogP contribution in [-0.2, 0) is 0 Å². The van der Waals surface area contributed by atoms with E-state index in [0.29, 0.717) is 5.92 Å². The number of fused-ring (bicyclic) bond motifs is 1. The van der Waals surface area contributed by atoms with Crippen molar-refractivity contribution in [2.45, 2.75) is 39.2 Å². The van der Waals surface area contributed by atoms with Crippen molar-refractivity contribution in [1.82, 2.24) is 4.98 Å². The molecule has 2 atom stereocenters. The zero-order chi connectivity index (χ0) is 13.0. The standard InChI is InChI=1S/C16H21NO/c1-3-4-6-12(2)16(18)14-9-8-13-7-5-10-17-15(13)11-14/h5,7-12,16,18H,3-4,6H2,1-2H3. The molecule has 0 saturated heterocycles. The molecule has 2 heteroatoms. The summed E-state index contributed by atoms with van der Waals surface area (Å²) in [6.45, 7) is 4.29. The zero-order valence-corrected chi connectivity index (χ0v) is 11.1. The fourth-order valence-corrected chi connectivity index (χ4v) is 2.28. The summed E-state index contributed by atoms with van der Waals surface area (Å²) in [4.78, 5) is 4.33.